The smallest absolute Gasteiger partial charge is 0.199 e. The minimum atomic E-state index is 0. The maximum Gasteiger partial charge on any atom is 0.199 e. The Balaban J connectivity index is 0.000000980. The molecule has 72 valence electrons. The number of halogens is 1. The topological polar surface area (TPSA) is 15.9 Å². The van der Waals surface area contributed by atoms with Crippen LogP contribution in [0.3, 0.4) is 0 Å². The summed E-state index contributed by atoms with van der Waals surface area (Å²) in [6.45, 7) is 0. The lowest BCUT2D eigenvalue weighted by Crippen LogP contribution is -3.00. The number of pyridine rings is 1. The highest BCUT2D eigenvalue weighted by molar-refractivity contribution is 5.39. The lowest BCUT2D eigenvalue weighted by atomic mass is 10.3. The number of hydrogen-bond acceptors (Lipinski definition) is 1. The van der Waals surface area contributed by atoms with Crippen LogP contribution in [0.4, 0.5) is 5.69 Å². The molecule has 0 atom stereocenters. The molecule has 1 heterocycles. The van der Waals surface area contributed by atoms with Gasteiger partial charge in [0.25, 0.3) is 0 Å². The summed E-state index contributed by atoms with van der Waals surface area (Å²) in [7, 11) is 0. The van der Waals surface area contributed by atoms with Crippen LogP contribution in [0.1, 0.15) is 0 Å². The maximum absolute atomic E-state index is 3.22. The van der Waals surface area contributed by atoms with Crippen molar-refractivity contribution in [3.63, 3.8) is 0 Å². The summed E-state index contributed by atoms with van der Waals surface area (Å²) < 4.78 is 1.91. The molecule has 0 amide bonds. The van der Waals surface area contributed by atoms with Gasteiger partial charge in [0.05, 0.1) is 5.69 Å². The van der Waals surface area contributed by atoms with Gasteiger partial charge < -0.3 is 12.4 Å². The van der Waals surface area contributed by atoms with E-state index < -0.39 is 0 Å². The van der Waals surface area contributed by atoms with Crippen LogP contribution in [0.15, 0.2) is 60.9 Å². The first-order valence-corrected chi connectivity index (χ1v) is 4.23. The highest BCUT2D eigenvalue weighted by Gasteiger charge is 1.96. The number of anilines is 1. The molecule has 3 heteroatoms. The van der Waals surface area contributed by atoms with Crippen molar-refractivity contribution in [1.29, 1.82) is 0 Å². The van der Waals surface area contributed by atoms with Crippen LogP contribution in [0, 0.1) is 0 Å². The second kappa shape index (κ2) is 5.25. The van der Waals surface area contributed by atoms with Crippen molar-refractivity contribution >= 4 is 5.69 Å². The summed E-state index contributed by atoms with van der Waals surface area (Å²) in [6, 6.07) is 16.0. The zero-order chi connectivity index (χ0) is 8.93. The zero-order valence-electron chi connectivity index (χ0n) is 7.60. The largest absolute Gasteiger partial charge is 1.00 e. The van der Waals surface area contributed by atoms with E-state index in [2.05, 4.69) is 5.43 Å². The van der Waals surface area contributed by atoms with E-state index in [9.17, 15) is 0 Å². The van der Waals surface area contributed by atoms with Gasteiger partial charge in [0.1, 0.15) is 0 Å². The van der Waals surface area contributed by atoms with Gasteiger partial charge in [-0.1, -0.05) is 28.9 Å². The first-order chi connectivity index (χ1) is 6.45. The van der Waals surface area contributed by atoms with Gasteiger partial charge in [-0.05, 0) is 12.1 Å². The molecule has 14 heavy (non-hydrogen) atoms. The molecular weight excluding hydrogens is 196 g/mol. The number of aromatic nitrogens is 1. The van der Waals surface area contributed by atoms with Gasteiger partial charge in [-0.15, -0.1) is 0 Å². The summed E-state index contributed by atoms with van der Waals surface area (Å²) >= 11 is 0. The van der Waals surface area contributed by atoms with Crippen molar-refractivity contribution < 1.29 is 17.1 Å². The Morgan fingerprint density at radius 3 is 2.00 bits per heavy atom. The third-order valence-corrected chi connectivity index (χ3v) is 1.75. The molecule has 0 spiro atoms. The summed E-state index contributed by atoms with van der Waals surface area (Å²) in [5, 5.41) is 0. The predicted octanol–water partition coefficient (Wildman–Crippen LogP) is -1.15. The molecule has 1 aromatic carbocycles. The third-order valence-electron chi connectivity index (χ3n) is 1.75. The van der Waals surface area contributed by atoms with Crippen LogP contribution in [-0.4, -0.2) is 0 Å². The molecule has 0 radical (unpaired) electrons. The van der Waals surface area contributed by atoms with Crippen molar-refractivity contribution in [1.82, 2.24) is 0 Å². The van der Waals surface area contributed by atoms with Crippen molar-refractivity contribution in [2.75, 3.05) is 5.43 Å². The SMILES string of the molecule is [Cl-].c1ccc(N[n+]2ccccc2)cc1. The molecule has 0 aliphatic heterocycles. The van der Waals surface area contributed by atoms with Gasteiger partial charge in [-0.3, -0.25) is 0 Å². The monoisotopic (exact) mass is 206 g/mol. The summed E-state index contributed by atoms with van der Waals surface area (Å²) in [6.07, 6.45) is 3.93. The molecule has 2 aromatic rings. The lowest BCUT2D eigenvalue weighted by Gasteiger charge is -1.97. The Hall–Kier alpha value is -1.54. The molecule has 2 nitrogen and oxygen atoms in total. The molecular formula is C11H11ClN2. The standard InChI is InChI=1S/C11H11N2.ClH/c1-3-7-11(8-4-1)12-13-9-5-2-6-10-13;/h1-10,12H;1H/q+1;/p-1. The van der Waals surface area contributed by atoms with E-state index in [4.69, 9.17) is 0 Å². The predicted molar refractivity (Wildman–Crippen MR) is 52.1 cm³/mol. The van der Waals surface area contributed by atoms with Crippen LogP contribution in [0.2, 0.25) is 0 Å². The van der Waals surface area contributed by atoms with Crippen LogP contribution in [0.25, 0.3) is 0 Å². The fourth-order valence-electron chi connectivity index (χ4n) is 1.13. The van der Waals surface area contributed by atoms with E-state index in [0.717, 1.165) is 5.69 Å². The fourth-order valence-corrected chi connectivity index (χ4v) is 1.13. The fraction of sp³-hybridized carbons (Fsp3) is 0. The quantitative estimate of drug-likeness (QED) is 0.614. The van der Waals surface area contributed by atoms with Gasteiger partial charge in [0.2, 0.25) is 0 Å². The van der Waals surface area contributed by atoms with E-state index in [1.165, 1.54) is 0 Å². The molecule has 0 bridgehead atoms. The van der Waals surface area contributed by atoms with Crippen LogP contribution in [-0.2, 0) is 0 Å². The Morgan fingerprint density at radius 2 is 1.36 bits per heavy atom. The number of nitrogens with one attached hydrogen (secondary N) is 1. The average Bonchev–Trinajstić information content (AvgIpc) is 2.21. The Morgan fingerprint density at radius 1 is 0.786 bits per heavy atom. The van der Waals surface area contributed by atoms with Crippen molar-refractivity contribution in [2.45, 2.75) is 0 Å². The number of rotatable bonds is 2. The minimum absolute atomic E-state index is 0. The second-order valence-corrected chi connectivity index (χ2v) is 2.76. The van der Waals surface area contributed by atoms with Gasteiger partial charge in [0.15, 0.2) is 12.4 Å². The number of para-hydroxylation sites is 1. The molecule has 0 aliphatic carbocycles. The van der Waals surface area contributed by atoms with Crippen LogP contribution < -0.4 is 22.5 Å². The summed E-state index contributed by atoms with van der Waals surface area (Å²) in [5.41, 5.74) is 4.30. The third kappa shape index (κ3) is 2.75. The Labute approximate surface area is 89.6 Å². The summed E-state index contributed by atoms with van der Waals surface area (Å²) in [5.74, 6) is 0. The van der Waals surface area contributed by atoms with Crippen LogP contribution in [0.5, 0.6) is 0 Å². The van der Waals surface area contributed by atoms with Gasteiger partial charge in [-0.25, -0.2) is 0 Å². The van der Waals surface area contributed by atoms with Crippen molar-refractivity contribution in [3.8, 4) is 0 Å². The maximum atomic E-state index is 3.22. The summed E-state index contributed by atoms with van der Waals surface area (Å²) in [4.78, 5) is 0. The van der Waals surface area contributed by atoms with E-state index in [-0.39, 0.29) is 12.4 Å². The molecule has 0 saturated heterocycles. The Kier molecular flexibility index (Phi) is 3.95. The van der Waals surface area contributed by atoms with E-state index >= 15 is 0 Å². The second-order valence-electron chi connectivity index (χ2n) is 2.76. The Bertz CT molecular complexity index is 324. The normalized spacial score (nSPS) is 8.86. The van der Waals surface area contributed by atoms with E-state index in [0.29, 0.717) is 0 Å². The van der Waals surface area contributed by atoms with Crippen molar-refractivity contribution in [3.05, 3.63) is 60.9 Å². The number of benzene rings is 1. The highest BCUT2D eigenvalue weighted by Crippen LogP contribution is 2.01. The molecule has 2 rings (SSSR count). The molecule has 1 N–H and O–H groups in total. The van der Waals surface area contributed by atoms with E-state index in [1.807, 2.05) is 65.6 Å². The number of nitrogens with zero attached hydrogens (tertiary/aromatic N) is 1. The molecule has 0 unspecified atom stereocenters. The van der Waals surface area contributed by atoms with Crippen LogP contribution >= 0.6 is 0 Å². The van der Waals surface area contributed by atoms with Gasteiger partial charge >= 0.3 is 0 Å². The minimum Gasteiger partial charge on any atom is -1.00 e. The lowest BCUT2D eigenvalue weighted by molar-refractivity contribution is -0.642. The molecule has 0 saturated carbocycles. The van der Waals surface area contributed by atoms with E-state index in [1.54, 1.807) is 0 Å². The van der Waals surface area contributed by atoms with Gasteiger partial charge in [-0.2, -0.15) is 5.43 Å². The number of hydrogen-bond donors (Lipinski definition) is 1. The molecule has 0 aliphatic rings. The highest BCUT2D eigenvalue weighted by atomic mass is 35.5. The first kappa shape index (κ1) is 10.5. The van der Waals surface area contributed by atoms with Gasteiger partial charge in [0, 0.05) is 12.1 Å². The zero-order valence-corrected chi connectivity index (χ0v) is 8.35. The molecule has 0 fully saturated rings. The van der Waals surface area contributed by atoms with Crippen molar-refractivity contribution in [2.24, 2.45) is 0 Å². The molecule has 1 aromatic heterocycles. The average molecular weight is 207 g/mol. The first-order valence-electron chi connectivity index (χ1n) is 4.23.